The van der Waals surface area contributed by atoms with E-state index in [1.807, 2.05) is 0 Å². The molecule has 0 bridgehead atoms. The lowest BCUT2D eigenvalue weighted by Gasteiger charge is -2.04. The maximum atomic E-state index is 10.5. The van der Waals surface area contributed by atoms with Gasteiger partial charge in [0.15, 0.2) is 0 Å². The van der Waals surface area contributed by atoms with E-state index in [0.717, 1.165) is 0 Å². The number of carboxylic acids is 1. The van der Waals surface area contributed by atoms with Gasteiger partial charge >= 0.3 is 5.97 Å². The summed E-state index contributed by atoms with van der Waals surface area (Å²) in [7, 11) is 0. The number of nitrogens with zero attached hydrogens (tertiary/aromatic N) is 1. The van der Waals surface area contributed by atoms with Crippen molar-refractivity contribution in [1.82, 2.24) is 4.98 Å². The second kappa shape index (κ2) is 3.67. The Kier molecular flexibility index (Phi) is 2.81. The molecule has 12 heavy (non-hydrogen) atoms. The third-order valence-electron chi connectivity index (χ3n) is 1.62. The second-order valence-corrected chi connectivity index (χ2v) is 3.29. The number of carboxylic acid groups (broad SMARTS) is 1. The van der Waals surface area contributed by atoms with Crippen molar-refractivity contribution < 1.29 is 9.90 Å². The van der Waals surface area contributed by atoms with Gasteiger partial charge in [0.05, 0.1) is 5.92 Å². The van der Waals surface area contributed by atoms with Crippen LogP contribution in [0.4, 0.5) is 0 Å². The first-order valence-electron chi connectivity index (χ1n) is 3.45. The summed E-state index contributed by atoms with van der Waals surface area (Å²) in [5, 5.41) is 8.67. The molecule has 1 aromatic heterocycles. The lowest BCUT2D eigenvalue weighted by Crippen LogP contribution is -2.07. The van der Waals surface area contributed by atoms with Crippen molar-refractivity contribution in [2.24, 2.45) is 0 Å². The standard InChI is InChI=1S/C8H8BrNO2/c1-5(8(11)12)6-2-3-7(9)10-4-6/h2-5H,1H3,(H,11,12)/t5-/m0/s1. The first-order valence-corrected chi connectivity index (χ1v) is 4.25. The first-order chi connectivity index (χ1) is 5.61. The van der Waals surface area contributed by atoms with Gasteiger partial charge < -0.3 is 5.11 Å². The van der Waals surface area contributed by atoms with Gasteiger partial charge in [-0.25, -0.2) is 4.98 Å². The molecule has 1 heterocycles. The molecule has 0 radical (unpaired) electrons. The maximum Gasteiger partial charge on any atom is 0.310 e. The van der Waals surface area contributed by atoms with Crippen LogP contribution in [0.15, 0.2) is 22.9 Å². The van der Waals surface area contributed by atoms with Crippen LogP contribution in [0.2, 0.25) is 0 Å². The van der Waals surface area contributed by atoms with E-state index in [-0.39, 0.29) is 0 Å². The molecule has 1 N–H and O–H groups in total. The molecule has 0 aliphatic heterocycles. The highest BCUT2D eigenvalue weighted by atomic mass is 79.9. The Bertz CT molecular complexity index is 284. The summed E-state index contributed by atoms with van der Waals surface area (Å²) in [6.07, 6.45) is 1.56. The summed E-state index contributed by atoms with van der Waals surface area (Å²) < 4.78 is 0.712. The number of aromatic nitrogens is 1. The van der Waals surface area contributed by atoms with E-state index in [1.165, 1.54) is 0 Å². The number of halogens is 1. The van der Waals surface area contributed by atoms with Crippen molar-refractivity contribution in [1.29, 1.82) is 0 Å². The fourth-order valence-corrected chi connectivity index (χ4v) is 1.02. The smallest absolute Gasteiger partial charge is 0.310 e. The normalized spacial score (nSPS) is 12.5. The monoisotopic (exact) mass is 229 g/mol. The van der Waals surface area contributed by atoms with Crippen LogP contribution in [0.1, 0.15) is 18.4 Å². The number of hydrogen-bond donors (Lipinski definition) is 1. The Morgan fingerprint density at radius 2 is 2.33 bits per heavy atom. The van der Waals surface area contributed by atoms with Crippen LogP contribution < -0.4 is 0 Å². The van der Waals surface area contributed by atoms with E-state index in [0.29, 0.717) is 10.2 Å². The fourth-order valence-electron chi connectivity index (χ4n) is 0.786. The topological polar surface area (TPSA) is 50.2 Å². The number of pyridine rings is 1. The van der Waals surface area contributed by atoms with Crippen molar-refractivity contribution in [3.8, 4) is 0 Å². The summed E-state index contributed by atoms with van der Waals surface area (Å²) in [6, 6.07) is 3.48. The Labute approximate surface area is 78.6 Å². The maximum absolute atomic E-state index is 10.5. The van der Waals surface area contributed by atoms with Gasteiger partial charge in [-0.2, -0.15) is 0 Å². The van der Waals surface area contributed by atoms with Crippen LogP contribution in [0.25, 0.3) is 0 Å². The summed E-state index contributed by atoms with van der Waals surface area (Å²) in [5.74, 6) is -1.33. The highest BCUT2D eigenvalue weighted by Gasteiger charge is 2.12. The molecule has 64 valence electrons. The molecular formula is C8H8BrNO2. The molecule has 1 aromatic rings. The number of aliphatic carboxylic acids is 1. The lowest BCUT2D eigenvalue weighted by atomic mass is 10.0. The van der Waals surface area contributed by atoms with E-state index in [1.54, 1.807) is 25.3 Å². The molecule has 1 rings (SSSR count). The molecule has 0 aliphatic carbocycles. The molecule has 0 unspecified atom stereocenters. The second-order valence-electron chi connectivity index (χ2n) is 2.47. The quantitative estimate of drug-likeness (QED) is 0.790. The molecule has 0 aromatic carbocycles. The van der Waals surface area contributed by atoms with E-state index in [2.05, 4.69) is 20.9 Å². The Hall–Kier alpha value is -0.900. The van der Waals surface area contributed by atoms with Gasteiger partial charge in [-0.1, -0.05) is 6.07 Å². The summed E-state index contributed by atoms with van der Waals surface area (Å²) >= 11 is 3.17. The number of rotatable bonds is 2. The largest absolute Gasteiger partial charge is 0.481 e. The molecule has 1 atom stereocenters. The van der Waals surface area contributed by atoms with Crippen molar-refractivity contribution in [2.75, 3.05) is 0 Å². The van der Waals surface area contributed by atoms with E-state index in [9.17, 15) is 4.79 Å². The van der Waals surface area contributed by atoms with E-state index >= 15 is 0 Å². The Morgan fingerprint density at radius 3 is 2.75 bits per heavy atom. The number of carbonyl (C=O) groups is 1. The van der Waals surface area contributed by atoms with Crippen LogP contribution in [-0.4, -0.2) is 16.1 Å². The van der Waals surface area contributed by atoms with Gasteiger partial charge in [0.2, 0.25) is 0 Å². The molecule has 4 heteroatoms. The minimum Gasteiger partial charge on any atom is -0.481 e. The van der Waals surface area contributed by atoms with Crippen molar-refractivity contribution in [3.63, 3.8) is 0 Å². The van der Waals surface area contributed by atoms with Gasteiger partial charge in [0.1, 0.15) is 4.60 Å². The average Bonchev–Trinajstić information content (AvgIpc) is 2.04. The van der Waals surface area contributed by atoms with Crippen molar-refractivity contribution in [3.05, 3.63) is 28.5 Å². The zero-order valence-electron chi connectivity index (χ0n) is 6.49. The van der Waals surface area contributed by atoms with Gasteiger partial charge in [-0.15, -0.1) is 0 Å². The average molecular weight is 230 g/mol. The van der Waals surface area contributed by atoms with Gasteiger partial charge in [0.25, 0.3) is 0 Å². The van der Waals surface area contributed by atoms with Crippen molar-refractivity contribution >= 4 is 21.9 Å². The zero-order valence-corrected chi connectivity index (χ0v) is 8.08. The minimum atomic E-state index is -0.834. The fraction of sp³-hybridized carbons (Fsp3) is 0.250. The van der Waals surface area contributed by atoms with Gasteiger partial charge in [0, 0.05) is 6.20 Å². The van der Waals surface area contributed by atoms with Gasteiger partial charge in [-0.05, 0) is 34.5 Å². The predicted octanol–water partition coefficient (Wildman–Crippen LogP) is 2.03. The zero-order chi connectivity index (χ0) is 9.14. The minimum absolute atomic E-state index is 0.495. The van der Waals surface area contributed by atoms with Crippen LogP contribution in [0.3, 0.4) is 0 Å². The third kappa shape index (κ3) is 2.04. The van der Waals surface area contributed by atoms with Crippen LogP contribution in [-0.2, 0) is 4.79 Å². The first kappa shape index (κ1) is 9.19. The molecule has 0 saturated heterocycles. The molecule has 0 saturated carbocycles. The van der Waals surface area contributed by atoms with Crippen molar-refractivity contribution in [2.45, 2.75) is 12.8 Å². The third-order valence-corrected chi connectivity index (χ3v) is 2.09. The Morgan fingerprint density at radius 1 is 1.67 bits per heavy atom. The predicted molar refractivity (Wildman–Crippen MR) is 48.0 cm³/mol. The van der Waals surface area contributed by atoms with Gasteiger partial charge in [-0.3, -0.25) is 4.79 Å². The summed E-state index contributed by atoms with van der Waals surface area (Å²) in [6.45, 7) is 1.63. The van der Waals surface area contributed by atoms with Crippen LogP contribution in [0, 0.1) is 0 Å². The molecule has 0 amide bonds. The SMILES string of the molecule is C[C@H](C(=O)O)c1ccc(Br)nc1. The molecule has 0 spiro atoms. The summed E-state index contributed by atoms with van der Waals surface area (Å²) in [4.78, 5) is 14.5. The molecule has 0 aliphatic rings. The molecular weight excluding hydrogens is 222 g/mol. The van der Waals surface area contributed by atoms with E-state index < -0.39 is 11.9 Å². The highest BCUT2D eigenvalue weighted by Crippen LogP contribution is 2.15. The lowest BCUT2D eigenvalue weighted by molar-refractivity contribution is -0.138. The Balaban J connectivity index is 2.89. The highest BCUT2D eigenvalue weighted by molar-refractivity contribution is 9.10. The van der Waals surface area contributed by atoms with Crippen LogP contribution in [0.5, 0.6) is 0 Å². The number of hydrogen-bond acceptors (Lipinski definition) is 2. The molecule has 3 nitrogen and oxygen atoms in total. The summed E-state index contributed by atoms with van der Waals surface area (Å²) in [5.41, 5.74) is 0.714. The van der Waals surface area contributed by atoms with Crippen LogP contribution >= 0.6 is 15.9 Å². The molecule has 0 fully saturated rings. The van der Waals surface area contributed by atoms with E-state index in [4.69, 9.17) is 5.11 Å².